The lowest BCUT2D eigenvalue weighted by atomic mass is 10.3. The fourth-order valence-corrected chi connectivity index (χ4v) is 3.04. The van der Waals surface area contributed by atoms with E-state index in [1.807, 2.05) is 53.7 Å². The second-order valence-corrected chi connectivity index (χ2v) is 6.75. The number of imidazole rings is 1. The average molecular weight is 406 g/mol. The first-order valence-electron chi connectivity index (χ1n) is 8.39. The van der Waals surface area contributed by atoms with E-state index in [0.717, 1.165) is 22.9 Å². The minimum Gasteiger partial charge on any atom is -0.352 e. The highest BCUT2D eigenvalue weighted by atomic mass is 35.5. The summed E-state index contributed by atoms with van der Waals surface area (Å²) < 4.78 is 3.78. The normalized spacial score (nSPS) is 11.7. The van der Waals surface area contributed by atoms with Crippen molar-refractivity contribution in [3.63, 3.8) is 0 Å². The number of guanidine groups is 1. The van der Waals surface area contributed by atoms with Gasteiger partial charge in [-0.1, -0.05) is 29.3 Å². The molecule has 3 heterocycles. The van der Waals surface area contributed by atoms with Crippen molar-refractivity contribution in [3.05, 3.63) is 64.0 Å². The van der Waals surface area contributed by atoms with Crippen molar-refractivity contribution < 1.29 is 0 Å². The van der Waals surface area contributed by atoms with E-state index in [2.05, 4.69) is 25.6 Å². The number of nitrogens with one attached hydrogen (secondary N) is 2. The van der Waals surface area contributed by atoms with Crippen molar-refractivity contribution in [2.75, 3.05) is 7.05 Å². The maximum absolute atomic E-state index is 6.09. The lowest BCUT2D eigenvalue weighted by Gasteiger charge is -2.13. The van der Waals surface area contributed by atoms with Crippen LogP contribution < -0.4 is 10.6 Å². The molecular formula is C18H21Cl2N7. The van der Waals surface area contributed by atoms with Crippen molar-refractivity contribution in [1.29, 1.82) is 0 Å². The van der Waals surface area contributed by atoms with Gasteiger partial charge in [0.25, 0.3) is 0 Å². The van der Waals surface area contributed by atoms with Crippen molar-refractivity contribution in [1.82, 2.24) is 29.7 Å². The fourth-order valence-electron chi connectivity index (χ4n) is 2.62. The number of hydrogen-bond donors (Lipinski definition) is 2. The molecule has 0 fully saturated rings. The van der Waals surface area contributed by atoms with Gasteiger partial charge in [0, 0.05) is 44.9 Å². The summed E-state index contributed by atoms with van der Waals surface area (Å²) >= 11 is 12.1. The number of halogens is 2. The van der Waals surface area contributed by atoms with E-state index in [4.69, 9.17) is 23.2 Å². The van der Waals surface area contributed by atoms with Crippen LogP contribution in [0.1, 0.15) is 17.1 Å². The summed E-state index contributed by atoms with van der Waals surface area (Å²) in [6.45, 7) is 3.10. The average Bonchev–Trinajstić information content (AvgIpc) is 3.21. The van der Waals surface area contributed by atoms with E-state index in [9.17, 15) is 0 Å². The summed E-state index contributed by atoms with van der Waals surface area (Å²) in [5, 5.41) is 7.58. The lowest BCUT2D eigenvalue weighted by molar-refractivity contribution is 0.749. The zero-order chi connectivity index (χ0) is 19.4. The first kappa shape index (κ1) is 19.3. The number of hydrogen-bond acceptors (Lipinski definition) is 3. The molecule has 0 amide bonds. The standard InChI is InChI=1S/C18H21Cl2N7/c1-12-22-6-7-27(12)16-5-4-13(9-23-16)10-24-18(21-2)25-11-14-8-15(19)17(20)26(14)3/h4-9H,10-11H2,1-3H3,(H2,21,24,25). The van der Waals surface area contributed by atoms with Gasteiger partial charge in [0.2, 0.25) is 0 Å². The maximum Gasteiger partial charge on any atom is 0.191 e. The summed E-state index contributed by atoms with van der Waals surface area (Å²) in [6, 6.07) is 5.83. The molecule has 0 saturated carbocycles. The Labute approximate surface area is 168 Å². The molecular weight excluding hydrogens is 385 g/mol. The number of pyridine rings is 1. The van der Waals surface area contributed by atoms with Crippen molar-refractivity contribution >= 4 is 29.2 Å². The molecule has 7 nitrogen and oxygen atoms in total. The highest BCUT2D eigenvalue weighted by Gasteiger charge is 2.09. The Hall–Kier alpha value is -2.51. The Morgan fingerprint density at radius 3 is 2.52 bits per heavy atom. The van der Waals surface area contributed by atoms with Crippen molar-refractivity contribution in [2.24, 2.45) is 12.0 Å². The molecule has 0 saturated heterocycles. The van der Waals surface area contributed by atoms with E-state index >= 15 is 0 Å². The molecule has 2 N–H and O–H groups in total. The van der Waals surface area contributed by atoms with Crippen LogP contribution >= 0.6 is 23.2 Å². The second kappa shape index (κ2) is 8.45. The SMILES string of the molecule is CN=C(NCc1ccc(-n2ccnc2C)nc1)NCc1cc(Cl)c(Cl)n1C. The van der Waals surface area contributed by atoms with Crippen LogP contribution in [0, 0.1) is 6.92 Å². The Morgan fingerprint density at radius 2 is 1.96 bits per heavy atom. The summed E-state index contributed by atoms with van der Waals surface area (Å²) in [7, 11) is 3.60. The van der Waals surface area contributed by atoms with Crippen LogP contribution in [0.2, 0.25) is 10.2 Å². The number of aryl methyl sites for hydroxylation is 1. The van der Waals surface area contributed by atoms with Crippen LogP contribution in [-0.4, -0.2) is 32.1 Å². The quantitative estimate of drug-likeness (QED) is 0.505. The van der Waals surface area contributed by atoms with Gasteiger partial charge in [0.05, 0.1) is 11.6 Å². The Morgan fingerprint density at radius 1 is 1.19 bits per heavy atom. The fraction of sp³-hybridized carbons (Fsp3) is 0.278. The molecule has 3 aromatic heterocycles. The summed E-state index contributed by atoms with van der Waals surface area (Å²) in [5.74, 6) is 2.42. The zero-order valence-corrected chi connectivity index (χ0v) is 16.9. The summed E-state index contributed by atoms with van der Waals surface area (Å²) in [4.78, 5) is 12.9. The van der Waals surface area contributed by atoms with Gasteiger partial charge in [0.1, 0.15) is 16.8 Å². The first-order valence-corrected chi connectivity index (χ1v) is 9.14. The summed E-state index contributed by atoms with van der Waals surface area (Å²) in [6.07, 6.45) is 5.49. The lowest BCUT2D eigenvalue weighted by Crippen LogP contribution is -2.36. The molecule has 27 heavy (non-hydrogen) atoms. The van der Waals surface area contributed by atoms with E-state index < -0.39 is 0 Å². The van der Waals surface area contributed by atoms with E-state index in [-0.39, 0.29) is 0 Å². The van der Waals surface area contributed by atoms with E-state index in [0.29, 0.717) is 29.2 Å². The molecule has 9 heteroatoms. The molecule has 0 unspecified atom stereocenters. The van der Waals surface area contributed by atoms with Crippen LogP contribution in [0.5, 0.6) is 0 Å². The third-order valence-corrected chi connectivity index (χ3v) is 5.06. The Kier molecular flexibility index (Phi) is 6.03. The Bertz CT molecular complexity index is 941. The smallest absolute Gasteiger partial charge is 0.191 e. The maximum atomic E-state index is 6.09. The van der Waals surface area contributed by atoms with Gasteiger partial charge in [-0.3, -0.25) is 9.56 Å². The van der Waals surface area contributed by atoms with Gasteiger partial charge in [0.15, 0.2) is 5.96 Å². The van der Waals surface area contributed by atoms with Crippen LogP contribution in [0.25, 0.3) is 5.82 Å². The number of aromatic nitrogens is 4. The molecule has 0 aliphatic heterocycles. The first-order chi connectivity index (χ1) is 13.0. The van der Waals surface area contributed by atoms with Gasteiger partial charge in [-0.25, -0.2) is 9.97 Å². The third kappa shape index (κ3) is 4.43. The molecule has 0 spiro atoms. The van der Waals surface area contributed by atoms with Crippen molar-refractivity contribution in [3.8, 4) is 5.82 Å². The molecule has 0 bridgehead atoms. The van der Waals surface area contributed by atoms with E-state index in [1.54, 1.807) is 13.2 Å². The van der Waals surface area contributed by atoms with Gasteiger partial charge in [-0.15, -0.1) is 0 Å². The topological polar surface area (TPSA) is 72.1 Å². The highest BCUT2D eigenvalue weighted by Crippen LogP contribution is 2.24. The third-order valence-electron chi connectivity index (χ3n) is 4.22. The van der Waals surface area contributed by atoms with Crippen LogP contribution in [-0.2, 0) is 20.1 Å². The predicted molar refractivity (Wildman–Crippen MR) is 109 cm³/mol. The number of aliphatic imine (C=N–C) groups is 1. The predicted octanol–water partition coefficient (Wildman–Crippen LogP) is 3.09. The van der Waals surface area contributed by atoms with Crippen LogP contribution in [0.3, 0.4) is 0 Å². The Balaban J connectivity index is 1.56. The molecule has 0 aliphatic carbocycles. The molecule has 0 radical (unpaired) electrons. The minimum absolute atomic E-state index is 0.524. The number of nitrogens with zero attached hydrogens (tertiary/aromatic N) is 5. The van der Waals surface area contributed by atoms with Gasteiger partial charge < -0.3 is 15.2 Å². The van der Waals surface area contributed by atoms with Gasteiger partial charge in [-0.05, 0) is 24.6 Å². The monoisotopic (exact) mass is 405 g/mol. The molecule has 0 aromatic carbocycles. The minimum atomic E-state index is 0.524. The molecule has 0 aliphatic rings. The van der Waals surface area contributed by atoms with Gasteiger partial charge in [-0.2, -0.15) is 0 Å². The zero-order valence-electron chi connectivity index (χ0n) is 15.4. The molecule has 3 rings (SSSR count). The highest BCUT2D eigenvalue weighted by molar-refractivity contribution is 6.41. The van der Waals surface area contributed by atoms with Crippen LogP contribution in [0.15, 0.2) is 41.8 Å². The molecule has 142 valence electrons. The molecule has 3 aromatic rings. The second-order valence-electron chi connectivity index (χ2n) is 5.98. The molecule has 0 atom stereocenters. The van der Waals surface area contributed by atoms with E-state index in [1.165, 1.54) is 0 Å². The number of rotatable bonds is 5. The van der Waals surface area contributed by atoms with Gasteiger partial charge >= 0.3 is 0 Å². The van der Waals surface area contributed by atoms with Crippen LogP contribution in [0.4, 0.5) is 0 Å². The largest absolute Gasteiger partial charge is 0.352 e. The summed E-state index contributed by atoms with van der Waals surface area (Å²) in [5.41, 5.74) is 2.01. The van der Waals surface area contributed by atoms with Crippen molar-refractivity contribution in [2.45, 2.75) is 20.0 Å².